The van der Waals surface area contributed by atoms with Crippen LogP contribution in [0.25, 0.3) is 11.3 Å². The van der Waals surface area contributed by atoms with Gasteiger partial charge in [-0.2, -0.15) is 0 Å². The highest BCUT2D eigenvalue weighted by atomic mass is 15.0. The lowest BCUT2D eigenvalue weighted by atomic mass is 9.97. The van der Waals surface area contributed by atoms with Gasteiger partial charge in [-0.3, -0.25) is 0 Å². The van der Waals surface area contributed by atoms with Crippen molar-refractivity contribution in [1.29, 1.82) is 0 Å². The summed E-state index contributed by atoms with van der Waals surface area (Å²) in [7, 11) is 0. The number of nitrogen functional groups attached to an aromatic ring is 1. The zero-order valence-electron chi connectivity index (χ0n) is 10.6. The van der Waals surface area contributed by atoms with Gasteiger partial charge in [-0.1, -0.05) is 32.9 Å². The first-order chi connectivity index (χ1) is 7.94. The van der Waals surface area contributed by atoms with Crippen LogP contribution >= 0.6 is 0 Å². The van der Waals surface area contributed by atoms with Gasteiger partial charge in [-0.25, -0.2) is 4.98 Å². The normalized spacial score (nSPS) is 11.7. The van der Waals surface area contributed by atoms with Crippen LogP contribution in [0.2, 0.25) is 0 Å². The van der Waals surface area contributed by atoms with Gasteiger partial charge in [0.2, 0.25) is 0 Å². The fraction of sp³-hybridized carbons (Fsp3) is 0.357. The first kappa shape index (κ1) is 11.7. The van der Waals surface area contributed by atoms with Crippen LogP contribution in [0.15, 0.2) is 36.8 Å². The third kappa shape index (κ3) is 3.09. The zero-order valence-corrected chi connectivity index (χ0v) is 10.6. The summed E-state index contributed by atoms with van der Waals surface area (Å²) in [4.78, 5) is 4.42. The van der Waals surface area contributed by atoms with Crippen LogP contribution in [-0.4, -0.2) is 9.55 Å². The predicted molar refractivity (Wildman–Crippen MR) is 71.5 cm³/mol. The molecule has 90 valence electrons. The molecule has 0 saturated carbocycles. The molecule has 17 heavy (non-hydrogen) atoms. The summed E-state index contributed by atoms with van der Waals surface area (Å²) in [6.45, 7) is 7.62. The van der Waals surface area contributed by atoms with E-state index in [4.69, 9.17) is 5.73 Å². The van der Waals surface area contributed by atoms with E-state index in [2.05, 4.69) is 36.5 Å². The van der Waals surface area contributed by atoms with Gasteiger partial charge in [0.25, 0.3) is 0 Å². The molecule has 0 bridgehead atoms. The molecule has 0 saturated heterocycles. The van der Waals surface area contributed by atoms with Gasteiger partial charge in [0, 0.05) is 24.0 Å². The molecule has 1 aromatic heterocycles. The molecule has 0 unspecified atom stereocenters. The second-order valence-electron chi connectivity index (χ2n) is 5.61. The Hall–Kier alpha value is -1.77. The number of hydrogen-bond donors (Lipinski definition) is 1. The third-order valence-electron chi connectivity index (χ3n) is 2.50. The predicted octanol–water partition coefficient (Wildman–Crippen LogP) is 3.18. The average Bonchev–Trinajstić information content (AvgIpc) is 2.64. The Morgan fingerprint density at radius 3 is 2.41 bits per heavy atom. The molecule has 3 nitrogen and oxygen atoms in total. The summed E-state index contributed by atoms with van der Waals surface area (Å²) < 4.78 is 2.13. The van der Waals surface area contributed by atoms with E-state index < -0.39 is 0 Å². The van der Waals surface area contributed by atoms with Crippen LogP contribution in [0, 0.1) is 5.41 Å². The van der Waals surface area contributed by atoms with E-state index in [1.165, 1.54) is 0 Å². The number of anilines is 1. The summed E-state index contributed by atoms with van der Waals surface area (Å²) in [6, 6.07) is 7.80. The Labute approximate surface area is 102 Å². The average molecular weight is 229 g/mol. The van der Waals surface area contributed by atoms with E-state index in [1.54, 1.807) is 0 Å². The van der Waals surface area contributed by atoms with E-state index in [-0.39, 0.29) is 5.41 Å². The maximum atomic E-state index is 5.67. The summed E-state index contributed by atoms with van der Waals surface area (Å²) in [6.07, 6.45) is 3.97. The molecule has 2 aromatic rings. The van der Waals surface area contributed by atoms with Crippen LogP contribution in [-0.2, 0) is 6.54 Å². The van der Waals surface area contributed by atoms with E-state index >= 15 is 0 Å². The van der Waals surface area contributed by atoms with E-state index in [0.29, 0.717) is 0 Å². The number of benzene rings is 1. The van der Waals surface area contributed by atoms with Crippen LogP contribution in [0.4, 0.5) is 5.69 Å². The van der Waals surface area contributed by atoms with Gasteiger partial charge in [-0.15, -0.1) is 0 Å². The first-order valence-electron chi connectivity index (χ1n) is 5.82. The molecule has 0 fully saturated rings. The lowest BCUT2D eigenvalue weighted by Crippen LogP contribution is -2.13. The number of hydrogen-bond acceptors (Lipinski definition) is 2. The van der Waals surface area contributed by atoms with E-state index in [0.717, 1.165) is 23.5 Å². The highest BCUT2D eigenvalue weighted by Crippen LogP contribution is 2.21. The fourth-order valence-corrected chi connectivity index (χ4v) is 1.80. The summed E-state index contributed by atoms with van der Waals surface area (Å²) in [5, 5.41) is 0. The standard InChI is InChI=1S/C14H19N3/c1-14(2,3)9-17-8-13(16-10-17)11-4-6-12(15)7-5-11/h4-8,10H,9,15H2,1-3H3. The molecule has 0 aliphatic carbocycles. The molecule has 0 radical (unpaired) electrons. The van der Waals surface area contributed by atoms with Crippen molar-refractivity contribution in [1.82, 2.24) is 9.55 Å². The molecule has 3 heteroatoms. The smallest absolute Gasteiger partial charge is 0.0953 e. The molecular weight excluding hydrogens is 210 g/mol. The Morgan fingerprint density at radius 2 is 1.82 bits per heavy atom. The molecule has 0 amide bonds. The molecule has 0 atom stereocenters. The molecule has 0 aliphatic rings. The lowest BCUT2D eigenvalue weighted by Gasteiger charge is -2.18. The number of imidazole rings is 1. The lowest BCUT2D eigenvalue weighted by molar-refractivity contribution is 0.343. The Kier molecular flexibility index (Phi) is 2.92. The van der Waals surface area contributed by atoms with Gasteiger partial charge < -0.3 is 10.3 Å². The number of rotatable bonds is 2. The number of nitrogens with two attached hydrogens (primary N) is 1. The van der Waals surface area contributed by atoms with Crippen molar-refractivity contribution in [3.05, 3.63) is 36.8 Å². The topological polar surface area (TPSA) is 43.8 Å². The Morgan fingerprint density at radius 1 is 1.18 bits per heavy atom. The van der Waals surface area contributed by atoms with Gasteiger partial charge in [0.15, 0.2) is 0 Å². The molecule has 2 rings (SSSR count). The van der Waals surface area contributed by atoms with Crippen LogP contribution in [0.3, 0.4) is 0 Å². The maximum absolute atomic E-state index is 5.67. The number of nitrogens with zero attached hydrogens (tertiary/aromatic N) is 2. The van der Waals surface area contributed by atoms with Gasteiger partial charge >= 0.3 is 0 Å². The van der Waals surface area contributed by atoms with Crippen molar-refractivity contribution in [3.8, 4) is 11.3 Å². The second kappa shape index (κ2) is 4.24. The van der Waals surface area contributed by atoms with Gasteiger partial charge in [-0.05, 0) is 17.5 Å². The minimum absolute atomic E-state index is 0.263. The fourth-order valence-electron chi connectivity index (χ4n) is 1.80. The largest absolute Gasteiger partial charge is 0.399 e. The Bertz CT molecular complexity index is 489. The van der Waals surface area contributed by atoms with Crippen molar-refractivity contribution in [2.45, 2.75) is 27.3 Å². The van der Waals surface area contributed by atoms with Crippen molar-refractivity contribution in [2.75, 3.05) is 5.73 Å². The highest BCUT2D eigenvalue weighted by molar-refractivity contribution is 5.61. The maximum Gasteiger partial charge on any atom is 0.0953 e. The van der Waals surface area contributed by atoms with Crippen LogP contribution < -0.4 is 5.73 Å². The SMILES string of the molecule is CC(C)(C)Cn1cnc(-c2ccc(N)cc2)c1. The van der Waals surface area contributed by atoms with Crippen molar-refractivity contribution >= 4 is 5.69 Å². The molecule has 1 aromatic carbocycles. The zero-order chi connectivity index (χ0) is 12.5. The summed E-state index contributed by atoms with van der Waals surface area (Å²) in [5.41, 5.74) is 8.81. The van der Waals surface area contributed by atoms with Crippen molar-refractivity contribution in [2.24, 2.45) is 5.41 Å². The van der Waals surface area contributed by atoms with E-state index in [1.807, 2.05) is 30.6 Å². The minimum Gasteiger partial charge on any atom is -0.399 e. The molecule has 1 heterocycles. The first-order valence-corrected chi connectivity index (χ1v) is 5.82. The highest BCUT2D eigenvalue weighted by Gasteiger charge is 2.11. The molecule has 0 spiro atoms. The molecular formula is C14H19N3. The van der Waals surface area contributed by atoms with E-state index in [9.17, 15) is 0 Å². The van der Waals surface area contributed by atoms with Crippen LogP contribution in [0.5, 0.6) is 0 Å². The second-order valence-corrected chi connectivity index (χ2v) is 5.61. The molecule has 2 N–H and O–H groups in total. The van der Waals surface area contributed by atoms with Crippen LogP contribution in [0.1, 0.15) is 20.8 Å². The summed E-state index contributed by atoms with van der Waals surface area (Å²) >= 11 is 0. The minimum atomic E-state index is 0.263. The molecule has 0 aliphatic heterocycles. The number of aromatic nitrogens is 2. The third-order valence-corrected chi connectivity index (χ3v) is 2.50. The van der Waals surface area contributed by atoms with Crippen molar-refractivity contribution in [3.63, 3.8) is 0 Å². The van der Waals surface area contributed by atoms with Gasteiger partial charge in [0.1, 0.15) is 0 Å². The summed E-state index contributed by atoms with van der Waals surface area (Å²) in [5.74, 6) is 0. The quantitative estimate of drug-likeness (QED) is 0.804. The monoisotopic (exact) mass is 229 g/mol. The Balaban J connectivity index is 2.21. The van der Waals surface area contributed by atoms with Gasteiger partial charge in [0.05, 0.1) is 12.0 Å². The van der Waals surface area contributed by atoms with Crippen molar-refractivity contribution < 1.29 is 0 Å².